The Morgan fingerprint density at radius 3 is 2.60 bits per heavy atom. The van der Waals surface area contributed by atoms with Crippen LogP contribution in [0.2, 0.25) is 0 Å². The van der Waals surface area contributed by atoms with Gasteiger partial charge in [-0.25, -0.2) is 0 Å². The molecule has 1 rings (SSSR count). The van der Waals surface area contributed by atoms with E-state index in [1.165, 1.54) is 0 Å². The number of rotatable bonds is 4. The van der Waals surface area contributed by atoms with E-state index in [4.69, 9.17) is 5.73 Å². The molecule has 0 aromatic rings. The molecule has 88 valence electrons. The minimum atomic E-state index is 0.216. The lowest BCUT2D eigenvalue weighted by Crippen LogP contribution is -2.32. The number of likely N-dealkylation sites (tertiary alicyclic amines) is 1. The Morgan fingerprint density at radius 1 is 1.47 bits per heavy atom. The van der Waals surface area contributed by atoms with Gasteiger partial charge in [0.2, 0.25) is 5.91 Å². The maximum absolute atomic E-state index is 11.8. The number of hydrogen-bond donors (Lipinski definition) is 1. The molecule has 2 atom stereocenters. The minimum Gasteiger partial charge on any atom is -0.342 e. The van der Waals surface area contributed by atoms with E-state index in [0.717, 1.165) is 25.9 Å². The molecule has 0 radical (unpaired) electrons. The van der Waals surface area contributed by atoms with Gasteiger partial charge in [0.25, 0.3) is 0 Å². The van der Waals surface area contributed by atoms with Gasteiger partial charge in [-0.3, -0.25) is 4.79 Å². The Kier molecular flexibility index (Phi) is 4.58. The first kappa shape index (κ1) is 12.5. The van der Waals surface area contributed by atoms with E-state index in [-0.39, 0.29) is 6.04 Å². The Morgan fingerprint density at radius 2 is 2.13 bits per heavy atom. The average molecular weight is 212 g/mol. The second-order valence-corrected chi connectivity index (χ2v) is 5.18. The first-order chi connectivity index (χ1) is 7.00. The average Bonchev–Trinajstić information content (AvgIpc) is 2.62. The molecule has 1 aliphatic heterocycles. The van der Waals surface area contributed by atoms with E-state index in [9.17, 15) is 4.79 Å². The summed E-state index contributed by atoms with van der Waals surface area (Å²) in [7, 11) is 0. The summed E-state index contributed by atoms with van der Waals surface area (Å²) in [5.74, 6) is 1.43. The molecule has 2 N–H and O–H groups in total. The van der Waals surface area contributed by atoms with Crippen molar-refractivity contribution in [1.29, 1.82) is 0 Å². The second kappa shape index (κ2) is 5.50. The van der Waals surface area contributed by atoms with Crippen LogP contribution in [-0.4, -0.2) is 29.9 Å². The van der Waals surface area contributed by atoms with Crippen LogP contribution in [0.4, 0.5) is 0 Å². The monoisotopic (exact) mass is 212 g/mol. The topological polar surface area (TPSA) is 46.3 Å². The standard InChI is InChI=1S/C12H24N2O/c1-9(2)4-5-12(15)14-7-6-11(8-14)10(3)13/h9-11H,4-8,13H2,1-3H3. The smallest absolute Gasteiger partial charge is 0.222 e. The summed E-state index contributed by atoms with van der Waals surface area (Å²) in [4.78, 5) is 13.8. The van der Waals surface area contributed by atoms with Crippen molar-refractivity contribution in [2.45, 2.75) is 46.1 Å². The predicted octanol–water partition coefficient (Wildman–Crippen LogP) is 1.62. The summed E-state index contributed by atoms with van der Waals surface area (Å²) in [5.41, 5.74) is 5.84. The molecule has 1 fully saturated rings. The number of amides is 1. The van der Waals surface area contributed by atoms with E-state index in [2.05, 4.69) is 13.8 Å². The Hall–Kier alpha value is -0.570. The number of hydrogen-bond acceptors (Lipinski definition) is 2. The molecule has 0 aromatic carbocycles. The van der Waals surface area contributed by atoms with Gasteiger partial charge in [-0.1, -0.05) is 13.8 Å². The summed E-state index contributed by atoms with van der Waals surface area (Å²) in [5, 5.41) is 0. The summed E-state index contributed by atoms with van der Waals surface area (Å²) in [6, 6.07) is 0.216. The molecule has 0 bridgehead atoms. The first-order valence-electron chi connectivity index (χ1n) is 6.04. The first-order valence-corrected chi connectivity index (χ1v) is 6.04. The molecule has 3 nitrogen and oxygen atoms in total. The summed E-state index contributed by atoms with van der Waals surface area (Å²) in [6.45, 7) is 8.12. The van der Waals surface area contributed by atoms with Gasteiger partial charge in [0.1, 0.15) is 0 Å². The van der Waals surface area contributed by atoms with Gasteiger partial charge in [-0.05, 0) is 31.6 Å². The zero-order chi connectivity index (χ0) is 11.4. The second-order valence-electron chi connectivity index (χ2n) is 5.18. The van der Waals surface area contributed by atoms with Crippen molar-refractivity contribution in [2.75, 3.05) is 13.1 Å². The maximum atomic E-state index is 11.8. The summed E-state index contributed by atoms with van der Waals surface area (Å²) < 4.78 is 0. The van der Waals surface area contributed by atoms with Crippen molar-refractivity contribution in [2.24, 2.45) is 17.6 Å². The highest BCUT2D eigenvalue weighted by molar-refractivity contribution is 5.76. The van der Waals surface area contributed by atoms with Crippen LogP contribution in [-0.2, 0) is 4.79 Å². The Labute approximate surface area is 93.0 Å². The fourth-order valence-corrected chi connectivity index (χ4v) is 2.01. The SMILES string of the molecule is CC(C)CCC(=O)N1CCC(C(C)N)C1. The third kappa shape index (κ3) is 3.82. The van der Waals surface area contributed by atoms with Crippen LogP contribution in [0.3, 0.4) is 0 Å². The lowest BCUT2D eigenvalue weighted by atomic mass is 10.0. The van der Waals surface area contributed by atoms with Crippen molar-refractivity contribution in [3.8, 4) is 0 Å². The Bertz CT molecular complexity index is 214. The van der Waals surface area contributed by atoms with Crippen LogP contribution in [0.25, 0.3) is 0 Å². The summed E-state index contributed by atoms with van der Waals surface area (Å²) in [6.07, 6.45) is 2.77. The van der Waals surface area contributed by atoms with Crippen molar-refractivity contribution >= 4 is 5.91 Å². The zero-order valence-electron chi connectivity index (χ0n) is 10.2. The number of nitrogens with zero attached hydrogens (tertiary/aromatic N) is 1. The lowest BCUT2D eigenvalue weighted by Gasteiger charge is -2.18. The minimum absolute atomic E-state index is 0.216. The van der Waals surface area contributed by atoms with E-state index in [1.807, 2.05) is 11.8 Å². The molecular weight excluding hydrogens is 188 g/mol. The van der Waals surface area contributed by atoms with Gasteiger partial charge in [0.15, 0.2) is 0 Å². The normalized spacial score (nSPS) is 23.5. The van der Waals surface area contributed by atoms with Crippen molar-refractivity contribution in [1.82, 2.24) is 4.90 Å². The van der Waals surface area contributed by atoms with Crippen LogP contribution in [0, 0.1) is 11.8 Å². The van der Waals surface area contributed by atoms with Crippen LogP contribution in [0.15, 0.2) is 0 Å². The molecule has 3 heteroatoms. The number of nitrogens with two attached hydrogens (primary N) is 1. The summed E-state index contributed by atoms with van der Waals surface area (Å²) >= 11 is 0. The Balaban J connectivity index is 2.30. The van der Waals surface area contributed by atoms with Crippen molar-refractivity contribution in [3.05, 3.63) is 0 Å². The van der Waals surface area contributed by atoms with Crippen LogP contribution >= 0.6 is 0 Å². The molecule has 0 spiro atoms. The molecule has 0 aliphatic carbocycles. The fourth-order valence-electron chi connectivity index (χ4n) is 2.01. The number of carbonyl (C=O) groups excluding carboxylic acids is 1. The van der Waals surface area contributed by atoms with Crippen molar-refractivity contribution < 1.29 is 4.79 Å². The zero-order valence-corrected chi connectivity index (χ0v) is 10.2. The van der Waals surface area contributed by atoms with Gasteiger partial charge in [-0.2, -0.15) is 0 Å². The van der Waals surface area contributed by atoms with Crippen LogP contribution in [0.5, 0.6) is 0 Å². The molecule has 15 heavy (non-hydrogen) atoms. The molecule has 1 saturated heterocycles. The van der Waals surface area contributed by atoms with Gasteiger partial charge in [-0.15, -0.1) is 0 Å². The lowest BCUT2D eigenvalue weighted by molar-refractivity contribution is -0.130. The van der Waals surface area contributed by atoms with E-state index in [1.54, 1.807) is 0 Å². The van der Waals surface area contributed by atoms with Gasteiger partial charge < -0.3 is 10.6 Å². The molecule has 1 heterocycles. The van der Waals surface area contributed by atoms with Crippen LogP contribution < -0.4 is 5.73 Å². The molecule has 1 amide bonds. The fraction of sp³-hybridized carbons (Fsp3) is 0.917. The molecule has 2 unspecified atom stereocenters. The molecule has 0 saturated carbocycles. The van der Waals surface area contributed by atoms with Crippen LogP contribution in [0.1, 0.15) is 40.0 Å². The maximum Gasteiger partial charge on any atom is 0.222 e. The quantitative estimate of drug-likeness (QED) is 0.769. The highest BCUT2D eigenvalue weighted by atomic mass is 16.2. The van der Waals surface area contributed by atoms with E-state index in [0.29, 0.717) is 24.2 Å². The van der Waals surface area contributed by atoms with Crippen molar-refractivity contribution in [3.63, 3.8) is 0 Å². The number of carbonyl (C=O) groups is 1. The van der Waals surface area contributed by atoms with Gasteiger partial charge >= 0.3 is 0 Å². The predicted molar refractivity (Wildman–Crippen MR) is 62.4 cm³/mol. The molecule has 1 aliphatic rings. The third-order valence-electron chi connectivity index (χ3n) is 3.26. The largest absolute Gasteiger partial charge is 0.342 e. The van der Waals surface area contributed by atoms with E-state index < -0.39 is 0 Å². The highest BCUT2D eigenvalue weighted by Crippen LogP contribution is 2.20. The van der Waals surface area contributed by atoms with Gasteiger partial charge in [0.05, 0.1) is 0 Å². The molecular formula is C12H24N2O. The van der Waals surface area contributed by atoms with E-state index >= 15 is 0 Å². The molecule has 0 aromatic heterocycles. The highest BCUT2D eigenvalue weighted by Gasteiger charge is 2.27. The third-order valence-corrected chi connectivity index (χ3v) is 3.26. The van der Waals surface area contributed by atoms with Gasteiger partial charge in [0, 0.05) is 25.6 Å².